The van der Waals surface area contributed by atoms with Crippen molar-refractivity contribution in [3.63, 3.8) is 0 Å². The molecule has 2 N–H and O–H groups in total. The number of halogens is 3. The number of anilines is 1. The van der Waals surface area contributed by atoms with Crippen LogP contribution in [0.25, 0.3) is 6.08 Å². The summed E-state index contributed by atoms with van der Waals surface area (Å²) in [4.78, 5) is 13.1. The molecule has 1 aliphatic heterocycles. The Morgan fingerprint density at radius 1 is 1.09 bits per heavy atom. The lowest BCUT2D eigenvalue weighted by molar-refractivity contribution is -0.116. The fourth-order valence-corrected chi connectivity index (χ4v) is 5.04. The summed E-state index contributed by atoms with van der Waals surface area (Å²) in [5, 5.41) is 6.75. The zero-order valence-corrected chi connectivity index (χ0v) is 22.1. The van der Waals surface area contributed by atoms with Crippen LogP contribution < -0.4 is 20.1 Å². The molecule has 1 heterocycles. The number of thioether (sulfide) groups is 1. The molecule has 4 rings (SSSR count). The number of ether oxygens (including phenoxy) is 2. The first-order valence-electron chi connectivity index (χ1n) is 9.87. The van der Waals surface area contributed by atoms with Gasteiger partial charge in [-0.15, -0.1) is 0 Å². The van der Waals surface area contributed by atoms with E-state index in [1.165, 1.54) is 11.8 Å². The minimum Gasteiger partial charge on any atom is -0.495 e. The van der Waals surface area contributed by atoms with E-state index in [9.17, 15) is 4.79 Å². The smallest absolute Gasteiger partial charge is 0.260 e. The third kappa shape index (κ3) is 6.26. The van der Waals surface area contributed by atoms with E-state index >= 15 is 0 Å². The summed E-state index contributed by atoms with van der Waals surface area (Å²) in [6.45, 7) is 0.463. The zero-order chi connectivity index (χ0) is 23.4. The van der Waals surface area contributed by atoms with Crippen LogP contribution in [0, 0.1) is 0 Å². The quantitative estimate of drug-likeness (QED) is 0.281. The number of methoxy groups -OCH3 is 1. The molecule has 5 nitrogen and oxygen atoms in total. The van der Waals surface area contributed by atoms with Gasteiger partial charge in [0.15, 0.2) is 5.50 Å². The van der Waals surface area contributed by atoms with E-state index in [1.54, 1.807) is 25.3 Å². The SMILES string of the molecule is COc1ccc(Cl)cc1NC1NC(=O)/C(=C/c2ccc(OCc3ccc(Br)cc3)c(Br)c2)S1. The molecule has 1 saturated heterocycles. The first-order chi connectivity index (χ1) is 15.9. The first kappa shape index (κ1) is 24.0. The molecule has 1 atom stereocenters. The van der Waals surface area contributed by atoms with Crippen LogP contribution in [0.4, 0.5) is 5.69 Å². The zero-order valence-electron chi connectivity index (χ0n) is 17.4. The van der Waals surface area contributed by atoms with Crippen molar-refractivity contribution in [2.24, 2.45) is 0 Å². The van der Waals surface area contributed by atoms with Crippen molar-refractivity contribution in [3.8, 4) is 11.5 Å². The third-order valence-corrected chi connectivity index (χ3v) is 7.15. The van der Waals surface area contributed by atoms with Crippen molar-refractivity contribution in [1.29, 1.82) is 0 Å². The van der Waals surface area contributed by atoms with Gasteiger partial charge in [-0.05, 0) is 75.6 Å². The Kier molecular flexibility index (Phi) is 7.90. The maximum Gasteiger partial charge on any atom is 0.260 e. The predicted molar refractivity (Wildman–Crippen MR) is 142 cm³/mol. The van der Waals surface area contributed by atoms with Gasteiger partial charge in [0, 0.05) is 9.50 Å². The number of benzene rings is 3. The molecule has 1 fully saturated rings. The van der Waals surface area contributed by atoms with Crippen LogP contribution in [-0.2, 0) is 11.4 Å². The van der Waals surface area contributed by atoms with Crippen LogP contribution in [0.1, 0.15) is 11.1 Å². The maximum absolute atomic E-state index is 12.5. The Hall–Kier alpha value is -2.13. The fourth-order valence-electron chi connectivity index (χ4n) is 3.12. The predicted octanol–water partition coefficient (Wildman–Crippen LogP) is 7.05. The van der Waals surface area contributed by atoms with Crippen molar-refractivity contribution in [1.82, 2.24) is 5.32 Å². The second-order valence-corrected chi connectivity index (χ2v) is 10.4. The van der Waals surface area contributed by atoms with Crippen molar-refractivity contribution in [2.75, 3.05) is 12.4 Å². The molecule has 0 saturated carbocycles. The molecule has 1 unspecified atom stereocenters. The molecule has 0 radical (unpaired) electrons. The molecule has 0 aromatic heterocycles. The van der Waals surface area contributed by atoms with Gasteiger partial charge in [-0.2, -0.15) is 0 Å². The van der Waals surface area contributed by atoms with Crippen LogP contribution in [0.5, 0.6) is 11.5 Å². The number of nitrogens with one attached hydrogen (secondary N) is 2. The minimum atomic E-state index is -0.340. The van der Waals surface area contributed by atoms with Gasteiger partial charge in [-0.3, -0.25) is 4.79 Å². The van der Waals surface area contributed by atoms with E-state index in [1.807, 2.05) is 48.5 Å². The van der Waals surface area contributed by atoms with Crippen LogP contribution in [-0.4, -0.2) is 18.5 Å². The van der Waals surface area contributed by atoms with Crippen LogP contribution >= 0.6 is 55.2 Å². The lowest BCUT2D eigenvalue weighted by atomic mass is 10.2. The number of amides is 1. The Bertz CT molecular complexity index is 1200. The average Bonchev–Trinajstić information content (AvgIpc) is 3.13. The van der Waals surface area contributed by atoms with Gasteiger partial charge in [-0.25, -0.2) is 0 Å². The highest BCUT2D eigenvalue weighted by atomic mass is 79.9. The molecular weight excluding hydrogens is 592 g/mol. The molecule has 33 heavy (non-hydrogen) atoms. The molecule has 1 aliphatic rings. The summed E-state index contributed by atoms with van der Waals surface area (Å²) in [5.74, 6) is 1.23. The molecule has 0 spiro atoms. The Morgan fingerprint density at radius 3 is 2.58 bits per heavy atom. The van der Waals surface area contributed by atoms with Gasteiger partial charge in [0.2, 0.25) is 0 Å². The number of hydrogen-bond acceptors (Lipinski definition) is 5. The van der Waals surface area contributed by atoms with E-state index in [4.69, 9.17) is 21.1 Å². The van der Waals surface area contributed by atoms with Crippen molar-refractivity contribution < 1.29 is 14.3 Å². The second kappa shape index (κ2) is 10.9. The summed E-state index contributed by atoms with van der Waals surface area (Å²) in [6.07, 6.45) is 1.85. The highest BCUT2D eigenvalue weighted by Gasteiger charge is 2.28. The monoisotopic (exact) mass is 608 g/mol. The van der Waals surface area contributed by atoms with Gasteiger partial charge in [-0.1, -0.05) is 57.5 Å². The highest BCUT2D eigenvalue weighted by Crippen LogP contribution is 2.35. The summed E-state index contributed by atoms with van der Waals surface area (Å²) in [6, 6.07) is 19.0. The van der Waals surface area contributed by atoms with Gasteiger partial charge in [0.1, 0.15) is 18.1 Å². The second-order valence-electron chi connectivity index (χ2n) is 7.07. The first-order valence-corrected chi connectivity index (χ1v) is 12.7. The van der Waals surface area contributed by atoms with Gasteiger partial charge >= 0.3 is 0 Å². The van der Waals surface area contributed by atoms with E-state index in [0.717, 1.165) is 25.8 Å². The van der Waals surface area contributed by atoms with Crippen molar-refractivity contribution in [2.45, 2.75) is 12.1 Å². The molecule has 3 aromatic carbocycles. The Labute approximate surface area is 218 Å². The van der Waals surface area contributed by atoms with E-state index < -0.39 is 0 Å². The molecule has 1 amide bonds. The van der Waals surface area contributed by atoms with Gasteiger partial charge in [0.25, 0.3) is 5.91 Å². The van der Waals surface area contributed by atoms with Crippen LogP contribution in [0.3, 0.4) is 0 Å². The summed E-state index contributed by atoms with van der Waals surface area (Å²) >= 11 is 14.5. The molecular formula is C24H19Br2ClN2O3S. The average molecular weight is 611 g/mol. The van der Waals surface area contributed by atoms with Gasteiger partial charge < -0.3 is 20.1 Å². The molecule has 170 valence electrons. The summed E-state index contributed by atoms with van der Waals surface area (Å²) in [5.41, 5.74) is 2.33. The summed E-state index contributed by atoms with van der Waals surface area (Å²) < 4.78 is 13.1. The lowest BCUT2D eigenvalue weighted by Gasteiger charge is -2.15. The lowest BCUT2D eigenvalue weighted by Crippen LogP contribution is -2.31. The molecule has 9 heteroatoms. The van der Waals surface area contributed by atoms with Crippen molar-refractivity contribution >= 4 is 72.9 Å². The number of carbonyl (C=O) groups is 1. The molecule has 0 aliphatic carbocycles. The highest BCUT2D eigenvalue weighted by molar-refractivity contribution is 9.10. The maximum atomic E-state index is 12.5. The van der Waals surface area contributed by atoms with Gasteiger partial charge in [0.05, 0.1) is 22.2 Å². The standard InChI is InChI=1S/C24H19Br2ClN2O3S/c1-31-21-9-7-17(27)12-19(21)28-24-29-23(30)22(33-24)11-15-4-8-20(18(26)10-15)32-13-14-2-5-16(25)6-3-14/h2-12,24,28H,13H2,1H3,(H,29,30)/b22-11-. The summed E-state index contributed by atoms with van der Waals surface area (Å²) in [7, 11) is 1.59. The number of rotatable bonds is 7. The van der Waals surface area contributed by atoms with Crippen molar-refractivity contribution in [3.05, 3.63) is 90.7 Å². The Morgan fingerprint density at radius 2 is 1.85 bits per heavy atom. The van der Waals surface area contributed by atoms with Crippen LogP contribution in [0.15, 0.2) is 74.5 Å². The normalized spacial score (nSPS) is 16.5. The topological polar surface area (TPSA) is 59.6 Å². The Balaban J connectivity index is 1.42. The minimum absolute atomic E-state index is 0.148. The number of hydrogen-bond donors (Lipinski definition) is 2. The molecule has 0 bridgehead atoms. The third-order valence-electron chi connectivity index (χ3n) is 4.74. The fraction of sp³-hybridized carbons (Fsp3) is 0.125. The number of carbonyl (C=O) groups excluding carboxylic acids is 1. The largest absolute Gasteiger partial charge is 0.495 e. The van der Waals surface area contributed by atoms with E-state index in [-0.39, 0.29) is 11.4 Å². The molecule has 3 aromatic rings. The van der Waals surface area contributed by atoms with E-state index in [2.05, 4.69) is 42.5 Å². The van der Waals surface area contributed by atoms with Crippen LogP contribution in [0.2, 0.25) is 5.02 Å². The van der Waals surface area contributed by atoms with E-state index in [0.29, 0.717) is 28.0 Å².